The molecule has 0 aliphatic carbocycles. The van der Waals surface area contributed by atoms with E-state index in [2.05, 4.69) is 20.3 Å². The third-order valence-corrected chi connectivity index (χ3v) is 6.56. The summed E-state index contributed by atoms with van der Waals surface area (Å²) in [6, 6.07) is 9.95. The number of nitrogens with one attached hydrogen (secondary N) is 1. The van der Waals surface area contributed by atoms with E-state index in [1.54, 1.807) is 36.9 Å². The fourth-order valence-corrected chi connectivity index (χ4v) is 4.70. The predicted octanol–water partition coefficient (Wildman–Crippen LogP) is 4.52. The zero-order valence-electron chi connectivity index (χ0n) is 17.7. The van der Waals surface area contributed by atoms with Crippen LogP contribution in [0.15, 0.2) is 66.6 Å². The highest BCUT2D eigenvalue weighted by Crippen LogP contribution is 2.33. The number of halogens is 1. The topological polar surface area (TPSA) is 83.9 Å². The van der Waals surface area contributed by atoms with Gasteiger partial charge in [-0.25, -0.2) is 14.2 Å². The van der Waals surface area contributed by atoms with Crippen LogP contribution in [-0.2, 0) is 13.1 Å². The molecule has 1 amide bonds. The molecule has 3 heterocycles. The number of aromatic nitrogens is 4. The molecule has 3 aromatic heterocycles. The molecule has 0 saturated carbocycles. The normalized spacial score (nSPS) is 11.3. The number of anilines is 1. The zero-order valence-corrected chi connectivity index (χ0v) is 18.5. The van der Waals surface area contributed by atoms with Crippen molar-refractivity contribution in [2.24, 2.45) is 0 Å². The molecule has 1 atom stereocenters. The summed E-state index contributed by atoms with van der Waals surface area (Å²) in [6.07, 6.45) is 6.82. The minimum absolute atomic E-state index is 0.165. The SMILES string of the molecule is Cc1c[s+](C(=O)NCc2ccc(F)cc2)c(-c2cncc(N(C)Cc3ccncc3)n2)n1. The molecule has 32 heavy (non-hydrogen) atoms. The number of rotatable bonds is 7. The van der Waals surface area contributed by atoms with E-state index in [1.807, 2.05) is 36.4 Å². The molecular formula is C23H22FN6OS+. The van der Waals surface area contributed by atoms with Crippen molar-refractivity contribution in [2.75, 3.05) is 11.9 Å². The van der Waals surface area contributed by atoms with E-state index in [9.17, 15) is 9.18 Å². The number of carbonyl (C=O) groups is 1. The van der Waals surface area contributed by atoms with Gasteiger partial charge in [0.2, 0.25) is 0 Å². The van der Waals surface area contributed by atoms with E-state index in [4.69, 9.17) is 4.98 Å². The van der Waals surface area contributed by atoms with Crippen LogP contribution >= 0.6 is 10.5 Å². The monoisotopic (exact) mass is 449 g/mol. The first-order chi connectivity index (χ1) is 15.5. The van der Waals surface area contributed by atoms with E-state index in [0.717, 1.165) is 16.8 Å². The first kappa shape index (κ1) is 21.5. The summed E-state index contributed by atoms with van der Waals surface area (Å²) in [5.74, 6) is 0.375. The van der Waals surface area contributed by atoms with Gasteiger partial charge >= 0.3 is 10.2 Å². The van der Waals surface area contributed by atoms with Crippen LogP contribution in [-0.4, -0.2) is 32.2 Å². The fraction of sp³-hybridized carbons (Fsp3) is 0.174. The Labute approximate surface area is 188 Å². The molecule has 1 unspecified atom stereocenters. The molecule has 0 aliphatic heterocycles. The minimum atomic E-state index is -0.894. The van der Waals surface area contributed by atoms with E-state index >= 15 is 0 Å². The Kier molecular flexibility index (Phi) is 6.46. The van der Waals surface area contributed by atoms with Gasteiger partial charge in [-0.3, -0.25) is 9.97 Å². The number of amides is 1. The fourth-order valence-electron chi connectivity index (χ4n) is 3.11. The summed E-state index contributed by atoms with van der Waals surface area (Å²) in [5, 5.41) is 5.17. The van der Waals surface area contributed by atoms with Gasteiger partial charge in [-0.2, -0.15) is 4.98 Å². The highest BCUT2D eigenvalue weighted by atomic mass is 32.2. The molecule has 1 aromatic carbocycles. The van der Waals surface area contributed by atoms with E-state index in [-0.39, 0.29) is 11.1 Å². The van der Waals surface area contributed by atoms with Gasteiger partial charge in [0, 0.05) is 32.5 Å². The Morgan fingerprint density at radius 2 is 1.78 bits per heavy atom. The highest BCUT2D eigenvalue weighted by Gasteiger charge is 2.29. The van der Waals surface area contributed by atoms with Crippen molar-refractivity contribution in [1.82, 2.24) is 25.3 Å². The summed E-state index contributed by atoms with van der Waals surface area (Å²) >= 11 is 0. The first-order valence-corrected chi connectivity index (χ1v) is 11.2. The van der Waals surface area contributed by atoms with Crippen molar-refractivity contribution in [1.29, 1.82) is 0 Å². The zero-order chi connectivity index (χ0) is 22.5. The summed E-state index contributed by atoms with van der Waals surface area (Å²) in [4.78, 5) is 32.5. The van der Waals surface area contributed by atoms with Crippen LogP contribution in [0.2, 0.25) is 0 Å². The van der Waals surface area contributed by atoms with Gasteiger partial charge in [-0.15, -0.1) is 0 Å². The molecule has 4 rings (SSSR count). The summed E-state index contributed by atoms with van der Waals surface area (Å²) in [7, 11) is 1.04. The van der Waals surface area contributed by atoms with Crippen LogP contribution < -0.4 is 10.2 Å². The molecule has 0 spiro atoms. The van der Waals surface area contributed by atoms with Crippen LogP contribution in [0.5, 0.6) is 0 Å². The number of benzene rings is 1. The molecular weight excluding hydrogens is 427 g/mol. The molecule has 0 saturated heterocycles. The molecule has 0 fully saturated rings. The van der Waals surface area contributed by atoms with E-state index in [1.165, 1.54) is 12.1 Å². The summed E-state index contributed by atoms with van der Waals surface area (Å²) in [5.41, 5.74) is 3.25. The molecule has 162 valence electrons. The van der Waals surface area contributed by atoms with Crippen LogP contribution in [0, 0.1) is 12.7 Å². The molecule has 9 heteroatoms. The van der Waals surface area contributed by atoms with Gasteiger partial charge < -0.3 is 10.2 Å². The number of carbonyl (C=O) groups excluding carboxylic acids is 1. The second kappa shape index (κ2) is 9.61. The Morgan fingerprint density at radius 1 is 1.03 bits per heavy atom. The summed E-state index contributed by atoms with van der Waals surface area (Å²) < 4.78 is 13.1. The number of thiazole rings is 1. The smallest absolute Gasteiger partial charge is 0.354 e. The van der Waals surface area contributed by atoms with E-state index in [0.29, 0.717) is 29.6 Å². The molecule has 4 aromatic rings. The number of nitrogens with zero attached hydrogens (tertiary/aromatic N) is 5. The lowest BCUT2D eigenvalue weighted by Crippen LogP contribution is -2.19. The van der Waals surface area contributed by atoms with Crippen molar-refractivity contribution in [3.8, 4) is 10.7 Å². The maximum atomic E-state index is 13.1. The Hall–Kier alpha value is -3.72. The Balaban J connectivity index is 1.53. The highest BCUT2D eigenvalue weighted by molar-refractivity contribution is 7.52. The van der Waals surface area contributed by atoms with Crippen LogP contribution in [0.1, 0.15) is 16.8 Å². The first-order valence-electron chi connectivity index (χ1n) is 9.94. The number of hydrogen-bond donors (Lipinski definition) is 1. The third kappa shape index (κ3) is 5.12. The maximum absolute atomic E-state index is 13.1. The second-order valence-corrected chi connectivity index (χ2v) is 8.92. The Bertz CT molecular complexity index is 1210. The van der Waals surface area contributed by atoms with Crippen LogP contribution in [0.3, 0.4) is 0 Å². The quantitative estimate of drug-likeness (QED) is 0.418. The van der Waals surface area contributed by atoms with Gasteiger partial charge in [0.15, 0.2) is 11.1 Å². The number of hydrogen-bond acceptors (Lipinski definition) is 6. The lowest BCUT2D eigenvalue weighted by atomic mass is 10.2. The molecule has 0 aliphatic rings. The lowest BCUT2D eigenvalue weighted by Gasteiger charge is -2.17. The van der Waals surface area contributed by atoms with Gasteiger partial charge in [0.25, 0.3) is 0 Å². The standard InChI is InChI=1S/C23H21FN6OS/c1-16-15-32(23(31)27-11-17-3-5-19(24)6-4-17)22(28-16)20-12-26-13-21(29-20)30(2)14-18-7-9-25-10-8-18/h3-10,12-13,15H,11,14H2,1-2H3/p+1. The van der Waals surface area contributed by atoms with E-state index < -0.39 is 10.5 Å². The van der Waals surface area contributed by atoms with Crippen molar-refractivity contribution in [3.05, 3.63) is 89.2 Å². The van der Waals surface area contributed by atoms with Gasteiger partial charge in [-0.05, 0) is 42.3 Å². The van der Waals surface area contributed by atoms with Crippen LogP contribution in [0.25, 0.3) is 10.7 Å². The lowest BCUT2D eigenvalue weighted by molar-refractivity contribution is 0.260. The molecule has 0 bridgehead atoms. The van der Waals surface area contributed by atoms with Gasteiger partial charge in [-0.1, -0.05) is 12.1 Å². The minimum Gasteiger partial charge on any atom is -0.354 e. The van der Waals surface area contributed by atoms with Crippen molar-refractivity contribution >= 4 is 21.5 Å². The number of pyridine rings is 1. The summed E-state index contributed by atoms with van der Waals surface area (Å²) in [6.45, 7) is 2.81. The average Bonchev–Trinajstić information content (AvgIpc) is 3.21. The largest absolute Gasteiger partial charge is 0.458 e. The van der Waals surface area contributed by atoms with Gasteiger partial charge in [0.05, 0.1) is 18.1 Å². The maximum Gasteiger partial charge on any atom is 0.458 e. The molecule has 0 radical (unpaired) electrons. The molecule has 1 N–H and O–H groups in total. The molecule has 7 nitrogen and oxygen atoms in total. The van der Waals surface area contributed by atoms with Crippen molar-refractivity contribution in [3.63, 3.8) is 0 Å². The van der Waals surface area contributed by atoms with Crippen LogP contribution in [0.4, 0.5) is 15.0 Å². The third-order valence-electron chi connectivity index (χ3n) is 4.73. The average molecular weight is 450 g/mol. The van der Waals surface area contributed by atoms with Crippen molar-refractivity contribution in [2.45, 2.75) is 20.0 Å². The van der Waals surface area contributed by atoms with Crippen molar-refractivity contribution < 1.29 is 9.18 Å². The number of aryl methyl sites for hydroxylation is 1. The second-order valence-electron chi connectivity index (χ2n) is 7.26. The predicted molar refractivity (Wildman–Crippen MR) is 123 cm³/mol. The Morgan fingerprint density at radius 3 is 2.53 bits per heavy atom. The van der Waals surface area contributed by atoms with Gasteiger partial charge in [0.1, 0.15) is 22.1 Å².